The Balaban J connectivity index is 2.19. The van der Waals surface area contributed by atoms with Crippen molar-refractivity contribution in [2.45, 2.75) is 63.4 Å². The lowest BCUT2D eigenvalue weighted by Crippen LogP contribution is -2.71. The molecule has 0 aromatic heterocycles. The second kappa shape index (κ2) is 6.45. The number of amides is 3. The average Bonchev–Trinajstić information content (AvgIpc) is 2.83. The first-order chi connectivity index (χ1) is 11.4. The van der Waals surface area contributed by atoms with Crippen molar-refractivity contribution in [2.75, 3.05) is 20.1 Å². The molecule has 0 bridgehead atoms. The van der Waals surface area contributed by atoms with Gasteiger partial charge in [0, 0.05) is 19.6 Å². The molecule has 0 saturated carbocycles. The summed E-state index contributed by atoms with van der Waals surface area (Å²) in [5, 5.41) is 12.7. The normalized spacial score (nSPS) is 28.7. The Labute approximate surface area is 147 Å². The monoisotopic (exact) mass is 356 g/mol. The van der Waals surface area contributed by atoms with Gasteiger partial charge in [-0.15, -0.1) is 0 Å². The highest BCUT2D eigenvalue weighted by atomic mass is 16.6. The van der Waals surface area contributed by atoms with Gasteiger partial charge in [0.25, 0.3) is 0 Å². The van der Waals surface area contributed by atoms with Crippen LogP contribution in [-0.4, -0.2) is 82.3 Å². The molecule has 9 heteroatoms. The molecule has 2 unspecified atom stereocenters. The molecular weight excluding hydrogens is 328 g/mol. The highest BCUT2D eigenvalue weighted by molar-refractivity contribution is 5.96. The summed E-state index contributed by atoms with van der Waals surface area (Å²) in [5.74, 6) is -0.841. The molecule has 2 aliphatic heterocycles. The minimum absolute atomic E-state index is 0.157. The van der Waals surface area contributed by atoms with E-state index in [4.69, 9.17) is 10.5 Å². The molecule has 9 nitrogen and oxygen atoms in total. The second-order valence-electron chi connectivity index (χ2n) is 7.97. The fraction of sp³-hybridized carbons (Fsp3) is 0.812. The lowest BCUT2D eigenvalue weighted by Gasteiger charge is -2.49. The predicted octanol–water partition coefficient (Wildman–Crippen LogP) is -0.969. The fourth-order valence-electron chi connectivity index (χ4n) is 3.52. The number of carbonyl (C=O) groups is 3. The van der Waals surface area contributed by atoms with Crippen LogP contribution in [0.2, 0.25) is 0 Å². The third-order valence-corrected chi connectivity index (χ3v) is 4.57. The molecule has 2 aliphatic rings. The molecule has 3 amide bonds. The number of nitrogens with zero attached hydrogens (tertiary/aromatic N) is 2. The molecule has 4 atom stereocenters. The second-order valence-corrected chi connectivity index (χ2v) is 7.97. The summed E-state index contributed by atoms with van der Waals surface area (Å²) in [6.07, 6.45) is -1.21. The summed E-state index contributed by atoms with van der Waals surface area (Å²) in [4.78, 5) is 39.5. The van der Waals surface area contributed by atoms with Crippen molar-refractivity contribution in [1.29, 1.82) is 0 Å². The van der Waals surface area contributed by atoms with Crippen LogP contribution in [0.1, 0.15) is 34.1 Å². The molecular formula is C16H28N4O5. The van der Waals surface area contributed by atoms with Gasteiger partial charge < -0.3 is 20.5 Å². The molecule has 2 rings (SSSR count). The maximum absolute atomic E-state index is 12.6. The van der Waals surface area contributed by atoms with Crippen LogP contribution in [0.15, 0.2) is 0 Å². The largest absolute Gasteiger partial charge is 0.444 e. The number of likely N-dealkylation sites (tertiary alicyclic amines) is 2. The Morgan fingerprint density at radius 3 is 2.44 bits per heavy atom. The molecule has 2 fully saturated rings. The number of nitrogens with two attached hydrogens (primary N) is 1. The first-order valence-electron chi connectivity index (χ1n) is 8.37. The van der Waals surface area contributed by atoms with Gasteiger partial charge in [-0.25, -0.2) is 4.79 Å². The number of nitrogens with one attached hydrogen (secondary N) is 1. The van der Waals surface area contributed by atoms with Crippen molar-refractivity contribution in [1.82, 2.24) is 15.1 Å². The Morgan fingerprint density at radius 1 is 1.44 bits per heavy atom. The van der Waals surface area contributed by atoms with Crippen molar-refractivity contribution in [2.24, 2.45) is 5.73 Å². The van der Waals surface area contributed by atoms with Crippen LogP contribution >= 0.6 is 0 Å². The van der Waals surface area contributed by atoms with E-state index in [-0.39, 0.29) is 18.5 Å². The van der Waals surface area contributed by atoms with E-state index >= 15 is 0 Å². The van der Waals surface area contributed by atoms with E-state index in [1.54, 1.807) is 32.7 Å². The molecule has 142 valence electrons. The maximum atomic E-state index is 12.6. The van der Waals surface area contributed by atoms with Crippen molar-refractivity contribution in [3.05, 3.63) is 0 Å². The first-order valence-corrected chi connectivity index (χ1v) is 8.37. The molecule has 0 aliphatic carbocycles. The van der Waals surface area contributed by atoms with Crippen LogP contribution < -0.4 is 11.1 Å². The molecule has 25 heavy (non-hydrogen) atoms. The fourth-order valence-corrected chi connectivity index (χ4v) is 3.52. The molecule has 2 heterocycles. The van der Waals surface area contributed by atoms with E-state index in [0.717, 1.165) is 0 Å². The molecule has 4 N–H and O–H groups in total. The number of aliphatic hydroxyl groups excluding tert-OH is 1. The van der Waals surface area contributed by atoms with Crippen LogP contribution in [0, 0.1) is 0 Å². The summed E-state index contributed by atoms with van der Waals surface area (Å²) in [5.41, 5.74) is 3.67. The smallest absolute Gasteiger partial charge is 0.411 e. The molecule has 1 spiro atoms. The van der Waals surface area contributed by atoms with E-state index in [0.29, 0.717) is 13.0 Å². The minimum Gasteiger partial charge on any atom is -0.444 e. The Bertz CT molecular complexity index is 573. The van der Waals surface area contributed by atoms with E-state index in [1.807, 2.05) is 0 Å². The minimum atomic E-state index is -0.983. The van der Waals surface area contributed by atoms with Crippen molar-refractivity contribution < 1.29 is 24.2 Å². The van der Waals surface area contributed by atoms with Gasteiger partial charge in [0.05, 0.1) is 12.6 Å². The summed E-state index contributed by atoms with van der Waals surface area (Å²) >= 11 is 0. The standard InChI is InChI=1S/C16H28N4O5/c1-9(21)11(12(17)22)18-10-6-16(8-19(5)13(16)23)20(7-10)14(24)25-15(2,3)4/h9-11,18,21H,6-8H2,1-5H3,(H2,17,22)/t9-,10?,11+,16?/m1/s1. The average molecular weight is 356 g/mol. The lowest BCUT2D eigenvalue weighted by atomic mass is 9.85. The van der Waals surface area contributed by atoms with Crippen molar-refractivity contribution in [3.8, 4) is 0 Å². The third kappa shape index (κ3) is 3.72. The molecule has 0 radical (unpaired) electrons. The number of carbonyl (C=O) groups excluding carboxylic acids is 3. The third-order valence-electron chi connectivity index (χ3n) is 4.57. The van der Waals surface area contributed by atoms with Crippen LogP contribution in [0.25, 0.3) is 0 Å². The van der Waals surface area contributed by atoms with Crippen LogP contribution in [0.3, 0.4) is 0 Å². The zero-order valence-corrected chi connectivity index (χ0v) is 15.4. The maximum Gasteiger partial charge on any atom is 0.411 e. The van der Waals surface area contributed by atoms with Gasteiger partial charge >= 0.3 is 6.09 Å². The first kappa shape index (κ1) is 19.5. The summed E-state index contributed by atoms with van der Waals surface area (Å²) < 4.78 is 5.43. The van der Waals surface area contributed by atoms with E-state index in [9.17, 15) is 19.5 Å². The number of hydrogen-bond acceptors (Lipinski definition) is 6. The molecule has 2 saturated heterocycles. The Hall–Kier alpha value is -1.87. The van der Waals surface area contributed by atoms with E-state index in [1.165, 1.54) is 11.8 Å². The number of primary amides is 1. The number of ether oxygens (including phenoxy) is 1. The summed E-state index contributed by atoms with van der Waals surface area (Å²) in [7, 11) is 1.67. The van der Waals surface area contributed by atoms with Gasteiger partial charge in [0.15, 0.2) is 0 Å². The quantitative estimate of drug-likeness (QED) is 0.557. The topological polar surface area (TPSA) is 125 Å². The van der Waals surface area contributed by atoms with Gasteiger partial charge in [-0.05, 0) is 34.1 Å². The summed E-state index contributed by atoms with van der Waals surface area (Å²) in [6.45, 7) is 7.34. The zero-order valence-electron chi connectivity index (χ0n) is 15.4. The highest BCUT2D eigenvalue weighted by Gasteiger charge is 2.62. The molecule has 0 aromatic carbocycles. The summed E-state index contributed by atoms with van der Waals surface area (Å²) in [6, 6.07) is -1.30. The van der Waals surface area contributed by atoms with Crippen LogP contribution in [0.5, 0.6) is 0 Å². The SMILES string of the molecule is C[C@@H](O)[C@H](NC1CN(C(=O)OC(C)(C)C)C2(C1)CN(C)C2=O)C(N)=O. The van der Waals surface area contributed by atoms with Gasteiger partial charge in [0.2, 0.25) is 11.8 Å². The van der Waals surface area contributed by atoms with E-state index in [2.05, 4.69) is 5.32 Å². The van der Waals surface area contributed by atoms with Crippen molar-refractivity contribution in [3.63, 3.8) is 0 Å². The van der Waals surface area contributed by atoms with Gasteiger partial charge in [-0.1, -0.05) is 0 Å². The van der Waals surface area contributed by atoms with Gasteiger partial charge in [-0.2, -0.15) is 0 Å². The number of β-lactam (4-membered cyclic amide) rings is 1. The van der Waals surface area contributed by atoms with Crippen LogP contribution in [-0.2, 0) is 14.3 Å². The number of likely N-dealkylation sites (N-methyl/N-ethyl adjacent to an activating group) is 1. The molecule has 0 aromatic rings. The Kier molecular flexibility index (Phi) is 5.02. The van der Waals surface area contributed by atoms with E-state index < -0.39 is 35.3 Å². The highest BCUT2D eigenvalue weighted by Crippen LogP contribution is 2.39. The predicted molar refractivity (Wildman–Crippen MR) is 89.5 cm³/mol. The van der Waals surface area contributed by atoms with Crippen LogP contribution in [0.4, 0.5) is 4.79 Å². The van der Waals surface area contributed by atoms with Gasteiger partial charge in [0.1, 0.15) is 17.2 Å². The number of rotatable bonds is 4. The number of aliphatic hydroxyl groups is 1. The van der Waals surface area contributed by atoms with Gasteiger partial charge in [-0.3, -0.25) is 19.8 Å². The number of hydrogen-bond donors (Lipinski definition) is 3. The van der Waals surface area contributed by atoms with Crippen molar-refractivity contribution >= 4 is 17.9 Å². The zero-order chi connectivity index (χ0) is 19.2. The Morgan fingerprint density at radius 2 is 2.04 bits per heavy atom. The lowest BCUT2D eigenvalue weighted by molar-refractivity contribution is -0.157.